The number of fused-ring (bicyclic) bond motifs is 1. The Morgan fingerprint density at radius 1 is 1.20 bits per heavy atom. The van der Waals surface area contributed by atoms with Gasteiger partial charge in [-0.25, -0.2) is 9.50 Å². The van der Waals surface area contributed by atoms with E-state index in [0.717, 1.165) is 46.4 Å². The number of ether oxygens (including phenoxy) is 1. The lowest BCUT2D eigenvalue weighted by atomic mass is 10.2. The summed E-state index contributed by atoms with van der Waals surface area (Å²) in [4.78, 5) is 5.57. The van der Waals surface area contributed by atoms with E-state index < -0.39 is 0 Å². The molecular formula is C15H17N3OS. The average molecular weight is 287 g/mol. The van der Waals surface area contributed by atoms with E-state index in [1.807, 2.05) is 35.0 Å². The molecule has 0 N–H and O–H groups in total. The largest absolute Gasteiger partial charge is 0.494 e. The van der Waals surface area contributed by atoms with Gasteiger partial charge in [-0.05, 0) is 37.1 Å². The number of nitrogens with zero attached hydrogens (tertiary/aromatic N) is 3. The van der Waals surface area contributed by atoms with E-state index in [2.05, 4.69) is 23.9 Å². The zero-order chi connectivity index (χ0) is 13.9. The van der Waals surface area contributed by atoms with Crippen LogP contribution in [0.5, 0.6) is 5.75 Å². The van der Waals surface area contributed by atoms with Crippen LogP contribution in [0.25, 0.3) is 16.2 Å². The summed E-state index contributed by atoms with van der Waals surface area (Å²) in [6.07, 6.45) is 3.95. The maximum Gasteiger partial charge on any atom is 0.212 e. The zero-order valence-electron chi connectivity index (χ0n) is 11.7. The number of hydrogen-bond acceptors (Lipinski definition) is 4. The lowest BCUT2D eigenvalue weighted by Gasteiger charge is -2.04. The summed E-state index contributed by atoms with van der Waals surface area (Å²) < 4.78 is 7.45. The highest BCUT2D eigenvalue weighted by Crippen LogP contribution is 2.24. The molecule has 0 fully saturated rings. The van der Waals surface area contributed by atoms with E-state index >= 15 is 0 Å². The minimum atomic E-state index is 0.753. The number of hydrogen-bond donors (Lipinski definition) is 0. The predicted octanol–water partition coefficient (Wildman–Crippen LogP) is 3.81. The number of rotatable bonds is 5. The SMILES string of the molecule is CCCOc1ccc(-c2cn3nc(CC)sc3n2)cc1. The van der Waals surface area contributed by atoms with E-state index in [0.29, 0.717) is 0 Å². The third kappa shape index (κ3) is 2.54. The molecule has 3 rings (SSSR count). The molecule has 0 aliphatic heterocycles. The Bertz CT molecular complexity index is 668. The first-order chi connectivity index (χ1) is 9.80. The highest BCUT2D eigenvalue weighted by Gasteiger charge is 2.08. The van der Waals surface area contributed by atoms with Crippen LogP contribution < -0.4 is 4.74 Å². The third-order valence-electron chi connectivity index (χ3n) is 3.01. The first-order valence-corrected chi connectivity index (χ1v) is 7.70. The molecule has 0 aliphatic carbocycles. The summed E-state index contributed by atoms with van der Waals surface area (Å²) >= 11 is 1.64. The Balaban J connectivity index is 1.84. The van der Waals surface area contributed by atoms with Gasteiger partial charge in [-0.15, -0.1) is 0 Å². The van der Waals surface area contributed by atoms with Crippen LogP contribution in [0.15, 0.2) is 30.5 Å². The van der Waals surface area contributed by atoms with Gasteiger partial charge in [0.1, 0.15) is 10.8 Å². The number of imidazole rings is 1. The Kier molecular flexibility index (Phi) is 3.69. The standard InChI is InChI=1S/C15H17N3OS/c1-3-9-19-12-7-5-11(6-8-12)13-10-18-15(16-13)20-14(4-2)17-18/h5-8,10H,3-4,9H2,1-2H3. The van der Waals surface area contributed by atoms with Crippen molar-refractivity contribution < 1.29 is 4.74 Å². The van der Waals surface area contributed by atoms with Crippen LogP contribution in [0.4, 0.5) is 0 Å². The summed E-state index contributed by atoms with van der Waals surface area (Å²) in [5.41, 5.74) is 2.04. The topological polar surface area (TPSA) is 39.4 Å². The van der Waals surface area contributed by atoms with Crippen LogP contribution in [-0.2, 0) is 6.42 Å². The van der Waals surface area contributed by atoms with Crippen molar-refractivity contribution in [3.63, 3.8) is 0 Å². The number of aromatic nitrogens is 3. The third-order valence-corrected chi connectivity index (χ3v) is 4.08. The molecule has 0 radical (unpaired) electrons. The van der Waals surface area contributed by atoms with E-state index in [1.165, 1.54) is 0 Å². The maximum absolute atomic E-state index is 5.58. The minimum absolute atomic E-state index is 0.753. The second-order valence-corrected chi connectivity index (χ2v) is 5.62. The minimum Gasteiger partial charge on any atom is -0.494 e. The van der Waals surface area contributed by atoms with Gasteiger partial charge >= 0.3 is 0 Å². The quantitative estimate of drug-likeness (QED) is 0.716. The van der Waals surface area contributed by atoms with Gasteiger partial charge < -0.3 is 4.74 Å². The monoisotopic (exact) mass is 287 g/mol. The van der Waals surface area contributed by atoms with E-state index in [-0.39, 0.29) is 0 Å². The molecule has 2 aromatic heterocycles. The predicted molar refractivity (Wildman–Crippen MR) is 81.5 cm³/mol. The maximum atomic E-state index is 5.58. The highest BCUT2D eigenvalue weighted by atomic mass is 32.1. The fourth-order valence-electron chi connectivity index (χ4n) is 1.97. The van der Waals surface area contributed by atoms with Crippen LogP contribution >= 0.6 is 11.3 Å². The van der Waals surface area contributed by atoms with Crippen molar-refractivity contribution in [1.82, 2.24) is 14.6 Å². The summed E-state index contributed by atoms with van der Waals surface area (Å²) in [6.45, 7) is 4.96. The molecule has 104 valence electrons. The normalized spacial score (nSPS) is 11.1. The first-order valence-electron chi connectivity index (χ1n) is 6.88. The summed E-state index contributed by atoms with van der Waals surface area (Å²) in [5.74, 6) is 0.906. The van der Waals surface area contributed by atoms with Crippen LogP contribution in [0.3, 0.4) is 0 Å². The van der Waals surface area contributed by atoms with Crippen LogP contribution in [0, 0.1) is 0 Å². The average Bonchev–Trinajstić information content (AvgIpc) is 3.03. The van der Waals surface area contributed by atoms with Crippen molar-refractivity contribution in [2.45, 2.75) is 26.7 Å². The van der Waals surface area contributed by atoms with Gasteiger partial charge in [0.2, 0.25) is 4.96 Å². The van der Waals surface area contributed by atoms with Crippen LogP contribution in [0.2, 0.25) is 0 Å². The molecule has 1 aromatic carbocycles. The van der Waals surface area contributed by atoms with Gasteiger partial charge in [0.15, 0.2) is 0 Å². The number of aryl methyl sites for hydroxylation is 1. The lowest BCUT2D eigenvalue weighted by Crippen LogP contribution is -1.94. The van der Waals surface area contributed by atoms with Gasteiger partial charge in [0.05, 0.1) is 18.5 Å². The van der Waals surface area contributed by atoms with Crippen molar-refractivity contribution in [1.29, 1.82) is 0 Å². The van der Waals surface area contributed by atoms with E-state index in [4.69, 9.17) is 4.74 Å². The first kappa shape index (κ1) is 13.1. The Morgan fingerprint density at radius 3 is 2.65 bits per heavy atom. The molecule has 0 bridgehead atoms. The molecule has 0 atom stereocenters. The van der Waals surface area contributed by atoms with Crippen LogP contribution in [0.1, 0.15) is 25.3 Å². The molecule has 2 heterocycles. The van der Waals surface area contributed by atoms with Crippen molar-refractivity contribution in [2.75, 3.05) is 6.61 Å². The second kappa shape index (κ2) is 5.63. The smallest absolute Gasteiger partial charge is 0.212 e. The van der Waals surface area contributed by atoms with Crippen molar-refractivity contribution >= 4 is 16.3 Å². The molecule has 0 saturated heterocycles. The van der Waals surface area contributed by atoms with Crippen molar-refractivity contribution in [2.24, 2.45) is 0 Å². The summed E-state index contributed by atoms with van der Waals surface area (Å²) in [5, 5.41) is 5.60. The number of benzene rings is 1. The molecule has 3 aromatic rings. The van der Waals surface area contributed by atoms with Crippen molar-refractivity contribution in [3.8, 4) is 17.0 Å². The molecule has 20 heavy (non-hydrogen) atoms. The van der Waals surface area contributed by atoms with Crippen LogP contribution in [-0.4, -0.2) is 21.2 Å². The molecule has 0 saturated carbocycles. The van der Waals surface area contributed by atoms with E-state index in [1.54, 1.807) is 11.3 Å². The zero-order valence-corrected chi connectivity index (χ0v) is 12.5. The van der Waals surface area contributed by atoms with Gasteiger partial charge in [-0.1, -0.05) is 25.2 Å². The van der Waals surface area contributed by atoms with E-state index in [9.17, 15) is 0 Å². The molecule has 0 amide bonds. The molecule has 0 spiro atoms. The Hall–Kier alpha value is -1.88. The van der Waals surface area contributed by atoms with Gasteiger partial charge in [-0.2, -0.15) is 5.10 Å². The molecule has 5 heteroatoms. The highest BCUT2D eigenvalue weighted by molar-refractivity contribution is 7.16. The molecular weight excluding hydrogens is 270 g/mol. The van der Waals surface area contributed by atoms with Gasteiger partial charge in [0.25, 0.3) is 0 Å². The Labute approximate surface area is 122 Å². The van der Waals surface area contributed by atoms with Crippen molar-refractivity contribution in [3.05, 3.63) is 35.5 Å². The van der Waals surface area contributed by atoms with Gasteiger partial charge in [0, 0.05) is 5.56 Å². The fourth-order valence-corrected chi connectivity index (χ4v) is 2.78. The molecule has 0 aliphatic rings. The lowest BCUT2D eigenvalue weighted by molar-refractivity contribution is 0.317. The second-order valence-electron chi connectivity index (χ2n) is 4.58. The molecule has 0 unspecified atom stereocenters. The summed E-state index contributed by atoms with van der Waals surface area (Å²) in [7, 11) is 0. The summed E-state index contributed by atoms with van der Waals surface area (Å²) in [6, 6.07) is 8.06. The molecule has 4 nitrogen and oxygen atoms in total. The Morgan fingerprint density at radius 2 is 2.00 bits per heavy atom. The van der Waals surface area contributed by atoms with Gasteiger partial charge in [-0.3, -0.25) is 0 Å². The fraction of sp³-hybridized carbons (Fsp3) is 0.333.